The second-order valence-corrected chi connectivity index (χ2v) is 3.94. The van der Waals surface area contributed by atoms with Gasteiger partial charge in [0.2, 0.25) is 0 Å². The maximum atomic E-state index is 5.42. The van der Waals surface area contributed by atoms with Gasteiger partial charge in [-0.05, 0) is 24.4 Å². The molecular weight excluding hydrogens is 192 g/mol. The van der Waals surface area contributed by atoms with Gasteiger partial charge >= 0.3 is 0 Å². The van der Waals surface area contributed by atoms with Crippen molar-refractivity contribution in [2.45, 2.75) is 6.92 Å². The Kier molecular flexibility index (Phi) is 2.55. The van der Waals surface area contributed by atoms with Crippen molar-refractivity contribution in [3.63, 3.8) is 0 Å². The van der Waals surface area contributed by atoms with Crippen LogP contribution in [-0.2, 0) is 4.74 Å². The van der Waals surface area contributed by atoms with Gasteiger partial charge < -0.3 is 4.74 Å². The molecule has 0 bridgehead atoms. The molecule has 0 atom stereocenters. The van der Waals surface area contributed by atoms with E-state index >= 15 is 0 Å². The van der Waals surface area contributed by atoms with E-state index in [1.54, 1.807) is 11.3 Å². The third kappa shape index (κ3) is 1.53. The number of thiophene rings is 1. The van der Waals surface area contributed by atoms with E-state index in [1.165, 1.54) is 10.1 Å². The number of ether oxygens (including phenoxy) is 1. The van der Waals surface area contributed by atoms with Crippen molar-refractivity contribution >= 4 is 27.2 Å². The van der Waals surface area contributed by atoms with Crippen molar-refractivity contribution in [2.75, 3.05) is 6.61 Å². The van der Waals surface area contributed by atoms with Gasteiger partial charge in [-0.3, -0.25) is 0 Å². The molecule has 1 aromatic carbocycles. The molecule has 1 heterocycles. The minimum absolute atomic E-state index is 0.666. The van der Waals surface area contributed by atoms with Crippen LogP contribution in [0, 0.1) is 0 Å². The largest absolute Gasteiger partial charge is 0.494 e. The standard InChI is InChI=1S/C12H12OS/c1-3-13-9(2)10-5-4-6-12-11(10)7-8-14-12/h4-8H,2-3H2,1H3. The third-order valence-electron chi connectivity index (χ3n) is 2.11. The second-order valence-electron chi connectivity index (χ2n) is 2.99. The van der Waals surface area contributed by atoms with Crippen LogP contribution in [-0.4, -0.2) is 6.61 Å². The van der Waals surface area contributed by atoms with Gasteiger partial charge in [-0.1, -0.05) is 18.7 Å². The van der Waals surface area contributed by atoms with Gasteiger partial charge in [0.1, 0.15) is 5.76 Å². The normalized spacial score (nSPS) is 10.4. The molecule has 0 aliphatic rings. The molecule has 0 fully saturated rings. The lowest BCUT2D eigenvalue weighted by Gasteiger charge is -2.07. The molecule has 2 rings (SSSR count). The zero-order chi connectivity index (χ0) is 9.97. The molecule has 0 saturated heterocycles. The summed E-state index contributed by atoms with van der Waals surface area (Å²) in [6, 6.07) is 8.31. The molecule has 0 radical (unpaired) electrons. The van der Waals surface area contributed by atoms with E-state index in [1.807, 2.05) is 19.1 Å². The van der Waals surface area contributed by atoms with Crippen LogP contribution in [0.1, 0.15) is 12.5 Å². The van der Waals surface area contributed by atoms with Crippen molar-refractivity contribution in [2.24, 2.45) is 0 Å². The molecule has 0 spiro atoms. The van der Waals surface area contributed by atoms with E-state index in [0.717, 1.165) is 11.3 Å². The lowest BCUT2D eigenvalue weighted by molar-refractivity contribution is 0.299. The molecule has 0 aliphatic heterocycles. The molecule has 0 aliphatic carbocycles. The first-order chi connectivity index (χ1) is 6.83. The summed E-state index contributed by atoms with van der Waals surface area (Å²) < 4.78 is 6.70. The van der Waals surface area contributed by atoms with Crippen LogP contribution in [0.4, 0.5) is 0 Å². The summed E-state index contributed by atoms with van der Waals surface area (Å²) in [7, 11) is 0. The predicted molar refractivity (Wildman–Crippen MR) is 62.5 cm³/mol. The van der Waals surface area contributed by atoms with Crippen molar-refractivity contribution in [1.82, 2.24) is 0 Å². The van der Waals surface area contributed by atoms with Gasteiger partial charge in [0.05, 0.1) is 6.61 Å². The van der Waals surface area contributed by atoms with Gasteiger partial charge in [-0.2, -0.15) is 0 Å². The summed E-state index contributed by atoms with van der Waals surface area (Å²) in [6.07, 6.45) is 0. The van der Waals surface area contributed by atoms with Gasteiger partial charge in [0.15, 0.2) is 0 Å². The van der Waals surface area contributed by atoms with E-state index in [-0.39, 0.29) is 0 Å². The molecule has 72 valence electrons. The van der Waals surface area contributed by atoms with Crippen molar-refractivity contribution < 1.29 is 4.74 Å². The Morgan fingerprint density at radius 2 is 2.29 bits per heavy atom. The Balaban J connectivity index is 2.50. The predicted octanol–water partition coefficient (Wildman–Crippen LogP) is 3.91. The zero-order valence-corrected chi connectivity index (χ0v) is 8.93. The second kappa shape index (κ2) is 3.84. The summed E-state index contributed by atoms with van der Waals surface area (Å²) in [6.45, 7) is 6.56. The highest BCUT2D eigenvalue weighted by atomic mass is 32.1. The summed E-state index contributed by atoms with van der Waals surface area (Å²) in [5.74, 6) is 0.761. The number of hydrogen-bond donors (Lipinski definition) is 0. The first kappa shape index (κ1) is 9.28. The zero-order valence-electron chi connectivity index (χ0n) is 8.12. The SMILES string of the molecule is C=C(OCC)c1cccc2sccc12. The quantitative estimate of drug-likeness (QED) is 0.689. The van der Waals surface area contributed by atoms with Gasteiger partial charge in [0.25, 0.3) is 0 Å². The van der Waals surface area contributed by atoms with Crippen LogP contribution < -0.4 is 0 Å². The maximum Gasteiger partial charge on any atom is 0.119 e. The monoisotopic (exact) mass is 204 g/mol. The van der Waals surface area contributed by atoms with Crippen LogP contribution in [0.2, 0.25) is 0 Å². The fourth-order valence-electron chi connectivity index (χ4n) is 1.49. The lowest BCUT2D eigenvalue weighted by Crippen LogP contribution is -1.89. The molecule has 14 heavy (non-hydrogen) atoms. The summed E-state index contributed by atoms with van der Waals surface area (Å²) in [5.41, 5.74) is 1.10. The van der Waals surface area contributed by atoms with Crippen LogP contribution >= 0.6 is 11.3 Å². The van der Waals surface area contributed by atoms with Crippen LogP contribution in [0.15, 0.2) is 36.2 Å². The third-order valence-corrected chi connectivity index (χ3v) is 3.00. The molecule has 0 unspecified atom stereocenters. The van der Waals surface area contributed by atoms with Gasteiger partial charge in [-0.15, -0.1) is 11.3 Å². The Labute approximate surface area is 87.6 Å². The number of rotatable bonds is 3. The molecule has 0 saturated carbocycles. The van der Waals surface area contributed by atoms with Gasteiger partial charge in [-0.25, -0.2) is 0 Å². The molecule has 1 aromatic heterocycles. The summed E-state index contributed by atoms with van der Waals surface area (Å²) in [4.78, 5) is 0. The highest BCUT2D eigenvalue weighted by molar-refractivity contribution is 7.17. The molecule has 1 nitrogen and oxygen atoms in total. The molecule has 0 N–H and O–H groups in total. The molecule has 0 amide bonds. The lowest BCUT2D eigenvalue weighted by atomic mass is 10.1. The van der Waals surface area contributed by atoms with E-state index in [9.17, 15) is 0 Å². The summed E-state index contributed by atoms with van der Waals surface area (Å²) in [5, 5.41) is 3.32. The molecular formula is C12H12OS. The first-order valence-electron chi connectivity index (χ1n) is 4.61. The Morgan fingerprint density at radius 1 is 1.43 bits per heavy atom. The average molecular weight is 204 g/mol. The topological polar surface area (TPSA) is 9.23 Å². The Bertz CT molecular complexity index is 456. The van der Waals surface area contributed by atoms with E-state index in [4.69, 9.17) is 4.74 Å². The summed E-state index contributed by atoms with van der Waals surface area (Å²) >= 11 is 1.74. The van der Waals surface area contributed by atoms with E-state index in [2.05, 4.69) is 24.1 Å². The van der Waals surface area contributed by atoms with Crippen LogP contribution in [0.25, 0.3) is 15.8 Å². The van der Waals surface area contributed by atoms with Crippen LogP contribution in [0.5, 0.6) is 0 Å². The van der Waals surface area contributed by atoms with Crippen molar-refractivity contribution in [1.29, 1.82) is 0 Å². The Hall–Kier alpha value is -1.28. The van der Waals surface area contributed by atoms with Crippen LogP contribution in [0.3, 0.4) is 0 Å². The fraction of sp³-hybridized carbons (Fsp3) is 0.167. The van der Waals surface area contributed by atoms with E-state index < -0.39 is 0 Å². The maximum absolute atomic E-state index is 5.42. The number of fused-ring (bicyclic) bond motifs is 1. The molecule has 2 heteroatoms. The van der Waals surface area contributed by atoms with Crippen molar-refractivity contribution in [3.8, 4) is 0 Å². The smallest absolute Gasteiger partial charge is 0.119 e. The average Bonchev–Trinajstić information content (AvgIpc) is 2.65. The molecule has 2 aromatic rings. The van der Waals surface area contributed by atoms with Gasteiger partial charge in [0, 0.05) is 15.6 Å². The Morgan fingerprint density at radius 3 is 3.07 bits per heavy atom. The highest BCUT2D eigenvalue weighted by Gasteiger charge is 2.05. The van der Waals surface area contributed by atoms with E-state index in [0.29, 0.717) is 6.61 Å². The minimum atomic E-state index is 0.666. The highest BCUT2D eigenvalue weighted by Crippen LogP contribution is 2.28. The minimum Gasteiger partial charge on any atom is -0.494 e. The number of hydrogen-bond acceptors (Lipinski definition) is 2. The van der Waals surface area contributed by atoms with Crippen molar-refractivity contribution in [3.05, 3.63) is 41.8 Å². The number of benzene rings is 1. The fourth-order valence-corrected chi connectivity index (χ4v) is 2.30. The first-order valence-corrected chi connectivity index (χ1v) is 5.49.